The van der Waals surface area contributed by atoms with Crippen LogP contribution in [0.2, 0.25) is 0 Å². The van der Waals surface area contributed by atoms with E-state index in [2.05, 4.69) is 15.8 Å². The average molecular weight is 159 g/mol. The summed E-state index contributed by atoms with van der Waals surface area (Å²) >= 11 is 0. The number of morpholine rings is 1. The van der Waals surface area contributed by atoms with Crippen LogP contribution in [0.25, 0.3) is 0 Å². The fraction of sp³-hybridized carbons (Fsp3) is 1.00. The molecule has 1 fully saturated rings. The lowest BCUT2D eigenvalue weighted by atomic mass is 10.5. The van der Waals surface area contributed by atoms with Crippen LogP contribution in [-0.2, 0) is 4.74 Å². The number of rotatable bonds is 4. The highest BCUT2D eigenvalue weighted by Crippen LogP contribution is 1.90. The number of ether oxygens (including phenoxy) is 1. The number of hydrogen-bond acceptors (Lipinski definition) is 4. The van der Waals surface area contributed by atoms with E-state index in [0.717, 1.165) is 39.4 Å². The second-order valence-corrected chi connectivity index (χ2v) is 2.61. The van der Waals surface area contributed by atoms with Crippen molar-refractivity contribution in [1.29, 1.82) is 0 Å². The molecule has 1 saturated heterocycles. The van der Waals surface area contributed by atoms with E-state index in [4.69, 9.17) is 4.74 Å². The third kappa shape index (κ3) is 3.67. The fourth-order valence-corrected chi connectivity index (χ4v) is 1.06. The van der Waals surface area contributed by atoms with Crippen molar-refractivity contribution in [1.82, 2.24) is 15.8 Å². The summed E-state index contributed by atoms with van der Waals surface area (Å²) in [6, 6.07) is 0. The molecule has 0 amide bonds. The minimum atomic E-state index is 0.854. The van der Waals surface area contributed by atoms with Crippen molar-refractivity contribution in [3.63, 3.8) is 0 Å². The van der Waals surface area contributed by atoms with E-state index in [9.17, 15) is 0 Å². The van der Waals surface area contributed by atoms with Crippen molar-refractivity contribution < 1.29 is 4.74 Å². The minimum absolute atomic E-state index is 0.854. The van der Waals surface area contributed by atoms with Crippen LogP contribution in [0, 0.1) is 0 Å². The van der Waals surface area contributed by atoms with Gasteiger partial charge in [-0.25, -0.2) is 5.01 Å². The molecule has 0 spiro atoms. The number of nitrogens with one attached hydrogen (secondary N) is 2. The first-order valence-corrected chi connectivity index (χ1v) is 4.14. The summed E-state index contributed by atoms with van der Waals surface area (Å²) in [7, 11) is 1.96. The zero-order valence-corrected chi connectivity index (χ0v) is 7.10. The monoisotopic (exact) mass is 159 g/mol. The molecule has 1 aliphatic heterocycles. The topological polar surface area (TPSA) is 36.5 Å². The van der Waals surface area contributed by atoms with Gasteiger partial charge in [0.2, 0.25) is 0 Å². The van der Waals surface area contributed by atoms with E-state index in [1.54, 1.807) is 0 Å². The van der Waals surface area contributed by atoms with Crippen LogP contribution in [0.15, 0.2) is 0 Å². The lowest BCUT2D eigenvalue weighted by Gasteiger charge is -2.27. The Morgan fingerprint density at radius 2 is 2.00 bits per heavy atom. The Hall–Kier alpha value is -0.160. The van der Waals surface area contributed by atoms with Gasteiger partial charge in [0.25, 0.3) is 0 Å². The molecule has 0 unspecified atom stereocenters. The molecule has 0 bridgehead atoms. The number of hydrogen-bond donors (Lipinski definition) is 2. The lowest BCUT2D eigenvalue weighted by molar-refractivity contribution is 0.0124. The Morgan fingerprint density at radius 3 is 2.64 bits per heavy atom. The molecule has 11 heavy (non-hydrogen) atoms. The molecular formula is C7H17N3O. The summed E-state index contributed by atoms with van der Waals surface area (Å²) < 4.78 is 5.21. The number of hydrazine groups is 1. The molecular weight excluding hydrogens is 142 g/mol. The Bertz CT molecular complexity index is 93.7. The van der Waals surface area contributed by atoms with E-state index < -0.39 is 0 Å². The molecule has 1 aliphatic rings. The quantitative estimate of drug-likeness (QED) is 0.518. The van der Waals surface area contributed by atoms with Crippen LogP contribution in [0.1, 0.15) is 0 Å². The lowest BCUT2D eigenvalue weighted by Crippen LogP contribution is -2.47. The first kappa shape index (κ1) is 8.93. The van der Waals surface area contributed by atoms with Gasteiger partial charge in [-0.2, -0.15) is 0 Å². The molecule has 0 atom stereocenters. The van der Waals surface area contributed by atoms with E-state index in [0.29, 0.717) is 0 Å². The maximum absolute atomic E-state index is 5.21. The Labute approximate surface area is 67.9 Å². The first-order chi connectivity index (χ1) is 5.43. The number of likely N-dealkylation sites (N-methyl/N-ethyl adjacent to an activating group) is 1. The molecule has 4 heteroatoms. The van der Waals surface area contributed by atoms with Gasteiger partial charge in [0.15, 0.2) is 0 Å². The van der Waals surface area contributed by atoms with Crippen LogP contribution >= 0.6 is 0 Å². The van der Waals surface area contributed by atoms with Crippen molar-refractivity contribution in [2.45, 2.75) is 0 Å². The summed E-state index contributed by atoms with van der Waals surface area (Å²) in [6.07, 6.45) is 0. The molecule has 0 aliphatic carbocycles. The smallest absolute Gasteiger partial charge is 0.0608 e. The fourth-order valence-electron chi connectivity index (χ4n) is 1.06. The van der Waals surface area contributed by atoms with Crippen molar-refractivity contribution >= 4 is 0 Å². The summed E-state index contributed by atoms with van der Waals surface area (Å²) in [5, 5.41) is 5.30. The molecule has 66 valence electrons. The molecule has 0 aromatic heterocycles. The zero-order chi connectivity index (χ0) is 7.94. The number of nitrogens with zero attached hydrogens (tertiary/aromatic N) is 1. The summed E-state index contributed by atoms with van der Waals surface area (Å²) in [4.78, 5) is 0. The molecule has 0 saturated carbocycles. The predicted octanol–water partition coefficient (Wildman–Crippen LogP) is -0.957. The SMILES string of the molecule is CNCCNN1CCOCC1. The summed E-state index contributed by atoms with van der Waals surface area (Å²) in [5.41, 5.74) is 3.31. The summed E-state index contributed by atoms with van der Waals surface area (Å²) in [5.74, 6) is 0. The molecule has 0 aromatic carbocycles. The van der Waals surface area contributed by atoms with Gasteiger partial charge in [0.1, 0.15) is 0 Å². The van der Waals surface area contributed by atoms with Crippen LogP contribution in [0.5, 0.6) is 0 Å². The van der Waals surface area contributed by atoms with Gasteiger partial charge >= 0.3 is 0 Å². The van der Waals surface area contributed by atoms with Crippen LogP contribution < -0.4 is 10.7 Å². The van der Waals surface area contributed by atoms with Gasteiger partial charge in [-0.3, -0.25) is 5.43 Å². The molecule has 1 rings (SSSR count). The van der Waals surface area contributed by atoms with Crippen molar-refractivity contribution in [2.75, 3.05) is 46.4 Å². The second kappa shape index (κ2) is 5.49. The predicted molar refractivity (Wildman–Crippen MR) is 44.3 cm³/mol. The maximum atomic E-state index is 5.21. The normalized spacial score (nSPS) is 20.5. The Kier molecular flexibility index (Phi) is 4.45. The largest absolute Gasteiger partial charge is 0.379 e. The van der Waals surface area contributed by atoms with Crippen LogP contribution in [0.3, 0.4) is 0 Å². The average Bonchev–Trinajstić information content (AvgIpc) is 2.07. The summed E-state index contributed by atoms with van der Waals surface area (Å²) in [6.45, 7) is 5.72. The van der Waals surface area contributed by atoms with Gasteiger partial charge in [-0.1, -0.05) is 0 Å². The maximum Gasteiger partial charge on any atom is 0.0608 e. The highest BCUT2D eigenvalue weighted by atomic mass is 16.5. The Balaban J connectivity index is 1.96. The first-order valence-electron chi connectivity index (χ1n) is 4.14. The zero-order valence-electron chi connectivity index (χ0n) is 7.10. The molecule has 0 radical (unpaired) electrons. The third-order valence-electron chi connectivity index (χ3n) is 1.72. The highest BCUT2D eigenvalue weighted by Gasteiger charge is 2.07. The molecule has 0 aromatic rings. The van der Waals surface area contributed by atoms with Crippen molar-refractivity contribution in [3.8, 4) is 0 Å². The van der Waals surface area contributed by atoms with Crippen molar-refractivity contribution in [3.05, 3.63) is 0 Å². The van der Waals surface area contributed by atoms with E-state index >= 15 is 0 Å². The van der Waals surface area contributed by atoms with Gasteiger partial charge in [0, 0.05) is 26.2 Å². The van der Waals surface area contributed by atoms with E-state index in [-0.39, 0.29) is 0 Å². The third-order valence-corrected chi connectivity index (χ3v) is 1.72. The molecule has 2 N–H and O–H groups in total. The molecule has 4 nitrogen and oxygen atoms in total. The second-order valence-electron chi connectivity index (χ2n) is 2.61. The highest BCUT2D eigenvalue weighted by molar-refractivity contribution is 4.57. The Morgan fingerprint density at radius 1 is 1.27 bits per heavy atom. The van der Waals surface area contributed by atoms with E-state index in [1.807, 2.05) is 7.05 Å². The standard InChI is InChI=1S/C7H17N3O/c1-8-2-3-9-10-4-6-11-7-5-10/h8-9H,2-7H2,1H3. The van der Waals surface area contributed by atoms with Gasteiger partial charge in [-0.15, -0.1) is 0 Å². The van der Waals surface area contributed by atoms with E-state index in [1.165, 1.54) is 0 Å². The van der Waals surface area contributed by atoms with Crippen molar-refractivity contribution in [2.24, 2.45) is 0 Å². The van der Waals surface area contributed by atoms with Crippen LogP contribution in [0.4, 0.5) is 0 Å². The van der Waals surface area contributed by atoms with Gasteiger partial charge < -0.3 is 10.1 Å². The van der Waals surface area contributed by atoms with Gasteiger partial charge in [-0.05, 0) is 7.05 Å². The molecule has 1 heterocycles. The van der Waals surface area contributed by atoms with Gasteiger partial charge in [0.05, 0.1) is 13.2 Å². The minimum Gasteiger partial charge on any atom is -0.379 e. The van der Waals surface area contributed by atoms with Crippen LogP contribution in [-0.4, -0.2) is 51.4 Å².